The Morgan fingerprint density at radius 1 is 1.28 bits per heavy atom. The van der Waals surface area contributed by atoms with Crippen LogP contribution in [0.4, 0.5) is 5.69 Å². The molecule has 0 spiro atoms. The van der Waals surface area contributed by atoms with E-state index in [1.165, 1.54) is 16.8 Å². The summed E-state index contributed by atoms with van der Waals surface area (Å²) in [4.78, 5) is 0. The predicted octanol–water partition coefficient (Wildman–Crippen LogP) is 3.43. The van der Waals surface area contributed by atoms with Gasteiger partial charge < -0.3 is 5.32 Å². The van der Waals surface area contributed by atoms with Crippen molar-refractivity contribution in [3.63, 3.8) is 0 Å². The number of aromatic nitrogens is 2. The van der Waals surface area contributed by atoms with Crippen molar-refractivity contribution in [2.75, 3.05) is 11.9 Å². The van der Waals surface area contributed by atoms with Crippen molar-refractivity contribution in [3.8, 4) is 0 Å². The molecule has 0 amide bonds. The van der Waals surface area contributed by atoms with Crippen LogP contribution in [0, 0.1) is 6.92 Å². The molecular weight excluding hydrogens is 222 g/mol. The third-order valence-corrected chi connectivity index (χ3v) is 3.00. The number of nitrogens with one attached hydrogen (secondary N) is 1. The van der Waals surface area contributed by atoms with Crippen molar-refractivity contribution in [2.24, 2.45) is 0 Å². The second-order valence-corrected chi connectivity index (χ2v) is 4.95. The maximum absolute atomic E-state index is 4.28. The average Bonchev–Trinajstić information content (AvgIpc) is 2.75. The van der Waals surface area contributed by atoms with Crippen molar-refractivity contribution in [1.29, 1.82) is 0 Å². The maximum Gasteiger partial charge on any atom is 0.0582 e. The Balaban J connectivity index is 1.94. The van der Waals surface area contributed by atoms with E-state index in [1.807, 2.05) is 10.9 Å². The largest absolute Gasteiger partial charge is 0.383 e. The van der Waals surface area contributed by atoms with E-state index in [2.05, 4.69) is 61.6 Å². The van der Waals surface area contributed by atoms with Crippen LogP contribution in [0.1, 0.15) is 30.9 Å². The molecule has 0 aliphatic rings. The van der Waals surface area contributed by atoms with Crippen LogP contribution in [-0.4, -0.2) is 16.3 Å². The molecule has 2 aromatic rings. The molecule has 1 aromatic carbocycles. The Hall–Kier alpha value is -1.77. The molecule has 0 unspecified atom stereocenters. The fourth-order valence-corrected chi connectivity index (χ4v) is 2.06. The molecule has 3 heteroatoms. The highest BCUT2D eigenvalue weighted by Gasteiger charge is 2.04. The summed E-state index contributed by atoms with van der Waals surface area (Å²) >= 11 is 0. The number of aryl methyl sites for hydroxylation is 1. The van der Waals surface area contributed by atoms with Crippen molar-refractivity contribution >= 4 is 5.69 Å². The molecule has 0 aliphatic carbocycles. The van der Waals surface area contributed by atoms with Crippen LogP contribution in [0.15, 0.2) is 36.7 Å². The van der Waals surface area contributed by atoms with E-state index >= 15 is 0 Å². The Morgan fingerprint density at radius 3 is 2.72 bits per heavy atom. The highest BCUT2D eigenvalue weighted by atomic mass is 15.3. The summed E-state index contributed by atoms with van der Waals surface area (Å²) < 4.78 is 1.97. The third kappa shape index (κ3) is 3.13. The molecule has 1 N–H and O–H groups in total. The van der Waals surface area contributed by atoms with Crippen LogP contribution in [0.3, 0.4) is 0 Å². The normalized spacial score (nSPS) is 10.9. The summed E-state index contributed by atoms with van der Waals surface area (Å²) in [7, 11) is 0. The molecule has 0 saturated carbocycles. The van der Waals surface area contributed by atoms with E-state index in [4.69, 9.17) is 0 Å². The Morgan fingerprint density at radius 2 is 2.06 bits per heavy atom. The molecule has 0 atom stereocenters. The van der Waals surface area contributed by atoms with Gasteiger partial charge in [0.1, 0.15) is 0 Å². The molecule has 1 heterocycles. The van der Waals surface area contributed by atoms with Crippen LogP contribution in [0.5, 0.6) is 0 Å². The van der Waals surface area contributed by atoms with Crippen molar-refractivity contribution in [3.05, 3.63) is 47.8 Å². The topological polar surface area (TPSA) is 29.9 Å². The minimum Gasteiger partial charge on any atom is -0.383 e. The molecule has 96 valence electrons. The zero-order valence-electron chi connectivity index (χ0n) is 11.4. The van der Waals surface area contributed by atoms with Crippen LogP contribution in [0.2, 0.25) is 0 Å². The number of anilines is 1. The van der Waals surface area contributed by atoms with Crippen LogP contribution in [-0.2, 0) is 6.54 Å². The zero-order valence-corrected chi connectivity index (χ0v) is 11.4. The van der Waals surface area contributed by atoms with Gasteiger partial charge >= 0.3 is 0 Å². The number of hydrogen-bond donors (Lipinski definition) is 1. The molecule has 3 nitrogen and oxygen atoms in total. The lowest BCUT2D eigenvalue weighted by atomic mass is 10.0. The first-order chi connectivity index (χ1) is 8.66. The van der Waals surface area contributed by atoms with Gasteiger partial charge in [-0.25, -0.2) is 0 Å². The molecule has 2 rings (SSSR count). The standard InChI is InChI=1S/C15H21N3/c1-12(2)14-6-4-5-7-15(14)16-8-9-18-11-13(3)10-17-18/h4-7,10-12,16H,8-9H2,1-3H3. The van der Waals surface area contributed by atoms with Crippen LogP contribution in [0.25, 0.3) is 0 Å². The molecule has 0 bridgehead atoms. The zero-order chi connectivity index (χ0) is 13.0. The van der Waals surface area contributed by atoms with Gasteiger partial charge in [0, 0.05) is 18.4 Å². The Kier molecular flexibility index (Phi) is 4.03. The molecule has 1 aromatic heterocycles. The van der Waals surface area contributed by atoms with Gasteiger partial charge in [-0.05, 0) is 30.0 Å². The van der Waals surface area contributed by atoms with Gasteiger partial charge in [-0.3, -0.25) is 4.68 Å². The summed E-state index contributed by atoms with van der Waals surface area (Å²) in [6.45, 7) is 8.28. The average molecular weight is 243 g/mol. The SMILES string of the molecule is Cc1cnn(CCNc2ccccc2C(C)C)c1. The fourth-order valence-electron chi connectivity index (χ4n) is 2.06. The van der Waals surface area contributed by atoms with Gasteiger partial charge in [0.2, 0.25) is 0 Å². The monoisotopic (exact) mass is 243 g/mol. The molecule has 0 saturated heterocycles. The van der Waals surface area contributed by atoms with E-state index in [9.17, 15) is 0 Å². The van der Waals surface area contributed by atoms with Crippen molar-refractivity contribution < 1.29 is 0 Å². The first kappa shape index (κ1) is 12.7. The lowest BCUT2D eigenvalue weighted by molar-refractivity contribution is 0.637. The predicted molar refractivity (Wildman–Crippen MR) is 76.0 cm³/mol. The number of nitrogens with zero attached hydrogens (tertiary/aromatic N) is 2. The van der Waals surface area contributed by atoms with E-state index in [0.29, 0.717) is 5.92 Å². The molecule has 0 radical (unpaired) electrons. The molecule has 0 fully saturated rings. The van der Waals surface area contributed by atoms with Gasteiger partial charge in [0.15, 0.2) is 0 Å². The van der Waals surface area contributed by atoms with Gasteiger partial charge in [0.25, 0.3) is 0 Å². The fraction of sp³-hybridized carbons (Fsp3) is 0.400. The minimum atomic E-state index is 0.542. The lowest BCUT2D eigenvalue weighted by Gasteiger charge is -2.14. The Labute approximate surface area is 109 Å². The van der Waals surface area contributed by atoms with E-state index < -0.39 is 0 Å². The second kappa shape index (κ2) is 5.71. The highest BCUT2D eigenvalue weighted by molar-refractivity contribution is 5.52. The van der Waals surface area contributed by atoms with Crippen molar-refractivity contribution in [1.82, 2.24) is 9.78 Å². The number of hydrogen-bond acceptors (Lipinski definition) is 2. The summed E-state index contributed by atoms with van der Waals surface area (Å²) in [5.74, 6) is 0.542. The van der Waals surface area contributed by atoms with E-state index in [-0.39, 0.29) is 0 Å². The maximum atomic E-state index is 4.28. The number of benzene rings is 1. The number of para-hydroxylation sites is 1. The van der Waals surface area contributed by atoms with Gasteiger partial charge in [-0.15, -0.1) is 0 Å². The van der Waals surface area contributed by atoms with Gasteiger partial charge in [0.05, 0.1) is 12.7 Å². The third-order valence-electron chi connectivity index (χ3n) is 3.00. The molecule has 18 heavy (non-hydrogen) atoms. The van der Waals surface area contributed by atoms with Crippen molar-refractivity contribution in [2.45, 2.75) is 33.2 Å². The van der Waals surface area contributed by atoms with Crippen LogP contribution >= 0.6 is 0 Å². The number of rotatable bonds is 5. The van der Waals surface area contributed by atoms with Gasteiger partial charge in [-0.1, -0.05) is 32.0 Å². The first-order valence-corrected chi connectivity index (χ1v) is 6.48. The summed E-state index contributed by atoms with van der Waals surface area (Å²) in [5.41, 5.74) is 3.81. The summed E-state index contributed by atoms with van der Waals surface area (Å²) in [6, 6.07) is 8.50. The Bertz CT molecular complexity index is 500. The van der Waals surface area contributed by atoms with E-state index in [1.54, 1.807) is 0 Å². The van der Waals surface area contributed by atoms with Crippen LogP contribution < -0.4 is 5.32 Å². The highest BCUT2D eigenvalue weighted by Crippen LogP contribution is 2.23. The second-order valence-electron chi connectivity index (χ2n) is 4.95. The summed E-state index contributed by atoms with van der Waals surface area (Å²) in [5, 5.41) is 7.77. The lowest BCUT2D eigenvalue weighted by Crippen LogP contribution is -2.12. The first-order valence-electron chi connectivity index (χ1n) is 6.48. The smallest absolute Gasteiger partial charge is 0.0582 e. The summed E-state index contributed by atoms with van der Waals surface area (Å²) in [6.07, 6.45) is 3.96. The minimum absolute atomic E-state index is 0.542. The molecule has 0 aliphatic heterocycles. The quantitative estimate of drug-likeness (QED) is 0.872. The van der Waals surface area contributed by atoms with E-state index in [0.717, 1.165) is 13.1 Å². The molecular formula is C15H21N3. The van der Waals surface area contributed by atoms with Gasteiger partial charge in [-0.2, -0.15) is 5.10 Å².